The molecule has 0 saturated heterocycles. The second-order valence-electron chi connectivity index (χ2n) is 3.07. The molecule has 0 aliphatic heterocycles. The van der Waals surface area contributed by atoms with E-state index >= 15 is 0 Å². The summed E-state index contributed by atoms with van der Waals surface area (Å²) in [6.45, 7) is 1.85. The third-order valence-corrected chi connectivity index (χ3v) is 2.82. The number of anilines is 1. The molecule has 0 spiro atoms. The smallest absolute Gasteiger partial charge is 0.276 e. The highest BCUT2D eigenvalue weighted by molar-refractivity contribution is 7.09. The third-order valence-electron chi connectivity index (χ3n) is 1.82. The van der Waals surface area contributed by atoms with Crippen molar-refractivity contribution in [3.8, 4) is 0 Å². The standard InChI is InChI=1S/C10H8ClN3OS/c1-6-13-8(5-16-6)10(15)14-9-4-7(11)2-3-12-9/h2-5H,1H3,(H,12,14,15). The number of halogens is 1. The van der Waals surface area contributed by atoms with Crippen molar-refractivity contribution in [2.24, 2.45) is 0 Å². The molecule has 0 saturated carbocycles. The number of carbonyl (C=O) groups excluding carboxylic acids is 1. The monoisotopic (exact) mass is 253 g/mol. The summed E-state index contributed by atoms with van der Waals surface area (Å²) in [5.41, 5.74) is 0.393. The maximum atomic E-state index is 11.7. The number of carbonyl (C=O) groups is 1. The zero-order valence-corrected chi connectivity index (χ0v) is 9.97. The fourth-order valence-electron chi connectivity index (χ4n) is 1.12. The van der Waals surface area contributed by atoms with Gasteiger partial charge in [-0.05, 0) is 19.1 Å². The minimum Gasteiger partial charge on any atom is -0.305 e. The molecule has 0 aliphatic carbocycles. The van der Waals surface area contributed by atoms with Crippen LogP contribution in [0.3, 0.4) is 0 Å². The fourth-order valence-corrected chi connectivity index (χ4v) is 1.87. The Labute approximate surface area is 101 Å². The molecule has 0 unspecified atom stereocenters. The number of thiazole rings is 1. The van der Waals surface area contributed by atoms with Gasteiger partial charge in [0.25, 0.3) is 5.91 Å². The van der Waals surface area contributed by atoms with E-state index in [-0.39, 0.29) is 5.91 Å². The summed E-state index contributed by atoms with van der Waals surface area (Å²) in [4.78, 5) is 19.7. The van der Waals surface area contributed by atoms with Gasteiger partial charge in [0.05, 0.1) is 5.01 Å². The average Bonchev–Trinajstić information content (AvgIpc) is 2.65. The van der Waals surface area contributed by atoms with Crippen LogP contribution >= 0.6 is 22.9 Å². The number of nitrogens with zero attached hydrogens (tertiary/aromatic N) is 2. The summed E-state index contributed by atoms with van der Waals surface area (Å²) < 4.78 is 0. The van der Waals surface area contributed by atoms with Crippen LogP contribution in [0.15, 0.2) is 23.7 Å². The first-order chi connectivity index (χ1) is 7.65. The van der Waals surface area contributed by atoms with E-state index in [1.807, 2.05) is 6.92 Å². The number of aryl methyl sites for hydroxylation is 1. The van der Waals surface area contributed by atoms with Gasteiger partial charge in [-0.3, -0.25) is 4.79 Å². The van der Waals surface area contributed by atoms with Gasteiger partial charge in [0.1, 0.15) is 11.5 Å². The van der Waals surface area contributed by atoms with Gasteiger partial charge in [-0.25, -0.2) is 9.97 Å². The van der Waals surface area contributed by atoms with Gasteiger partial charge in [-0.1, -0.05) is 11.6 Å². The topological polar surface area (TPSA) is 54.9 Å². The summed E-state index contributed by atoms with van der Waals surface area (Å²) in [6, 6.07) is 3.23. The highest BCUT2D eigenvalue weighted by Gasteiger charge is 2.09. The number of pyridine rings is 1. The summed E-state index contributed by atoms with van der Waals surface area (Å²) in [5, 5.41) is 5.70. The first kappa shape index (κ1) is 11.0. The number of rotatable bonds is 2. The lowest BCUT2D eigenvalue weighted by molar-refractivity contribution is 0.102. The SMILES string of the molecule is Cc1nc(C(=O)Nc2cc(Cl)ccn2)cs1. The Balaban J connectivity index is 2.13. The molecule has 2 rings (SSSR count). The Bertz CT molecular complexity index is 526. The molecule has 1 N–H and O–H groups in total. The van der Waals surface area contributed by atoms with Crippen molar-refractivity contribution in [1.82, 2.24) is 9.97 Å². The first-order valence-electron chi connectivity index (χ1n) is 4.50. The molecule has 0 atom stereocenters. The van der Waals surface area contributed by atoms with Crippen LogP contribution < -0.4 is 5.32 Å². The molecule has 0 fully saturated rings. The molecule has 0 bridgehead atoms. The molecule has 0 radical (unpaired) electrons. The molecule has 0 aromatic carbocycles. The van der Waals surface area contributed by atoms with Crippen molar-refractivity contribution in [3.05, 3.63) is 39.4 Å². The van der Waals surface area contributed by atoms with E-state index in [1.54, 1.807) is 17.5 Å². The van der Waals surface area contributed by atoms with Crippen LogP contribution in [-0.4, -0.2) is 15.9 Å². The van der Waals surface area contributed by atoms with E-state index < -0.39 is 0 Å². The number of hydrogen-bond acceptors (Lipinski definition) is 4. The van der Waals surface area contributed by atoms with Gasteiger partial charge in [0, 0.05) is 16.6 Å². The predicted octanol–water partition coefficient (Wildman–Crippen LogP) is 2.75. The Hall–Kier alpha value is -1.46. The number of aromatic nitrogens is 2. The Morgan fingerprint density at radius 2 is 2.38 bits per heavy atom. The van der Waals surface area contributed by atoms with Crippen molar-refractivity contribution in [2.45, 2.75) is 6.92 Å². The van der Waals surface area contributed by atoms with Gasteiger partial charge in [-0.2, -0.15) is 0 Å². The molecule has 2 aromatic heterocycles. The first-order valence-corrected chi connectivity index (χ1v) is 5.76. The van der Waals surface area contributed by atoms with E-state index in [9.17, 15) is 4.79 Å². The second kappa shape index (κ2) is 4.59. The zero-order valence-electron chi connectivity index (χ0n) is 8.40. The summed E-state index contributed by atoms with van der Waals surface area (Å²) in [7, 11) is 0. The van der Waals surface area contributed by atoms with E-state index in [4.69, 9.17) is 11.6 Å². The van der Waals surface area contributed by atoms with Crippen LogP contribution in [0.4, 0.5) is 5.82 Å². The Morgan fingerprint density at radius 1 is 1.56 bits per heavy atom. The molecular weight excluding hydrogens is 246 g/mol. The van der Waals surface area contributed by atoms with Crippen LogP contribution in [-0.2, 0) is 0 Å². The lowest BCUT2D eigenvalue weighted by Crippen LogP contribution is -2.13. The van der Waals surface area contributed by atoms with Crippen molar-refractivity contribution in [1.29, 1.82) is 0 Å². The highest BCUT2D eigenvalue weighted by atomic mass is 35.5. The van der Waals surface area contributed by atoms with E-state index in [0.29, 0.717) is 16.5 Å². The van der Waals surface area contributed by atoms with Crippen LogP contribution in [0.1, 0.15) is 15.5 Å². The average molecular weight is 254 g/mol. The molecule has 1 amide bonds. The third kappa shape index (κ3) is 2.56. The van der Waals surface area contributed by atoms with E-state index in [1.165, 1.54) is 17.5 Å². The maximum absolute atomic E-state index is 11.7. The van der Waals surface area contributed by atoms with Crippen LogP contribution in [0.25, 0.3) is 0 Å². The molecule has 6 heteroatoms. The summed E-state index contributed by atoms with van der Waals surface area (Å²) in [6.07, 6.45) is 1.53. The van der Waals surface area contributed by atoms with Crippen LogP contribution in [0.2, 0.25) is 5.02 Å². The van der Waals surface area contributed by atoms with Gasteiger partial charge in [0.15, 0.2) is 0 Å². The minimum absolute atomic E-state index is 0.279. The molecule has 2 heterocycles. The minimum atomic E-state index is -0.279. The number of amides is 1. The molecule has 16 heavy (non-hydrogen) atoms. The molecule has 2 aromatic rings. The van der Waals surface area contributed by atoms with E-state index in [0.717, 1.165) is 5.01 Å². The molecule has 82 valence electrons. The Kier molecular flexibility index (Phi) is 3.17. The van der Waals surface area contributed by atoms with Gasteiger partial charge >= 0.3 is 0 Å². The lowest BCUT2D eigenvalue weighted by Gasteiger charge is -2.01. The maximum Gasteiger partial charge on any atom is 0.276 e. The van der Waals surface area contributed by atoms with Crippen molar-refractivity contribution in [3.63, 3.8) is 0 Å². The summed E-state index contributed by atoms with van der Waals surface area (Å²) in [5.74, 6) is 0.141. The molecule has 0 aliphatic rings. The van der Waals surface area contributed by atoms with Crippen LogP contribution in [0, 0.1) is 6.92 Å². The van der Waals surface area contributed by atoms with Gasteiger partial charge < -0.3 is 5.32 Å². The number of hydrogen-bond donors (Lipinski definition) is 1. The lowest BCUT2D eigenvalue weighted by atomic mass is 10.4. The Morgan fingerprint density at radius 3 is 3.00 bits per heavy atom. The van der Waals surface area contributed by atoms with Crippen molar-refractivity contribution < 1.29 is 4.79 Å². The fraction of sp³-hybridized carbons (Fsp3) is 0.100. The van der Waals surface area contributed by atoms with Crippen LogP contribution in [0.5, 0.6) is 0 Å². The number of nitrogens with one attached hydrogen (secondary N) is 1. The highest BCUT2D eigenvalue weighted by Crippen LogP contribution is 2.14. The largest absolute Gasteiger partial charge is 0.305 e. The normalized spacial score (nSPS) is 10.1. The quantitative estimate of drug-likeness (QED) is 0.895. The van der Waals surface area contributed by atoms with Crippen molar-refractivity contribution >= 4 is 34.7 Å². The molecular formula is C10H8ClN3OS. The zero-order chi connectivity index (χ0) is 11.5. The van der Waals surface area contributed by atoms with Gasteiger partial charge in [-0.15, -0.1) is 11.3 Å². The summed E-state index contributed by atoms with van der Waals surface area (Å²) >= 11 is 7.20. The van der Waals surface area contributed by atoms with Gasteiger partial charge in [0.2, 0.25) is 0 Å². The molecule has 4 nitrogen and oxygen atoms in total. The predicted molar refractivity (Wildman–Crippen MR) is 64.1 cm³/mol. The van der Waals surface area contributed by atoms with Crippen molar-refractivity contribution in [2.75, 3.05) is 5.32 Å². The second-order valence-corrected chi connectivity index (χ2v) is 4.56. The van der Waals surface area contributed by atoms with E-state index in [2.05, 4.69) is 15.3 Å².